The Morgan fingerprint density at radius 1 is 1.20 bits per heavy atom. The number of nitrogens with zero attached hydrogens (tertiary/aromatic N) is 3. The number of benzene rings is 1. The van der Waals surface area contributed by atoms with Crippen molar-refractivity contribution in [2.75, 3.05) is 44.7 Å². The summed E-state index contributed by atoms with van der Waals surface area (Å²) in [5.74, 6) is 0.609. The lowest BCUT2D eigenvalue weighted by atomic mass is 10.2. The summed E-state index contributed by atoms with van der Waals surface area (Å²) >= 11 is 0. The molecule has 1 fully saturated rings. The summed E-state index contributed by atoms with van der Waals surface area (Å²) in [7, 11) is -2.96. The second-order valence-corrected chi connectivity index (χ2v) is 8.44. The van der Waals surface area contributed by atoms with Crippen LogP contribution < -0.4 is 4.74 Å². The summed E-state index contributed by atoms with van der Waals surface area (Å²) in [6.07, 6.45) is 2.54. The van der Waals surface area contributed by atoms with Gasteiger partial charge in [-0.1, -0.05) is 6.07 Å². The van der Waals surface area contributed by atoms with Crippen LogP contribution in [-0.2, 0) is 9.84 Å². The van der Waals surface area contributed by atoms with Crippen LogP contribution in [0.5, 0.6) is 5.75 Å². The van der Waals surface area contributed by atoms with E-state index >= 15 is 0 Å². The van der Waals surface area contributed by atoms with E-state index in [4.69, 9.17) is 4.74 Å². The lowest BCUT2D eigenvalue weighted by Crippen LogP contribution is -2.50. The molecule has 1 aliphatic heterocycles. The van der Waals surface area contributed by atoms with Gasteiger partial charge in [-0.2, -0.15) is 0 Å². The minimum absolute atomic E-state index is 0.140. The lowest BCUT2D eigenvalue weighted by molar-refractivity contribution is 0.113. The van der Waals surface area contributed by atoms with Crippen LogP contribution in [0, 0.1) is 0 Å². The van der Waals surface area contributed by atoms with Gasteiger partial charge in [0.1, 0.15) is 15.6 Å². The summed E-state index contributed by atoms with van der Waals surface area (Å²) in [5.41, 5.74) is 0.776. The number of pyridine rings is 1. The Bertz CT molecular complexity index is 861. The van der Waals surface area contributed by atoms with Gasteiger partial charge in [0.05, 0.1) is 11.3 Å². The predicted octanol–water partition coefficient (Wildman–Crippen LogP) is 1.40. The summed E-state index contributed by atoms with van der Waals surface area (Å²) in [5, 5.41) is 0.988. The van der Waals surface area contributed by atoms with E-state index in [1.807, 2.05) is 23.1 Å². The fraction of sp³-hybridized carbons (Fsp3) is 0.412. The molecule has 1 saturated heterocycles. The zero-order chi connectivity index (χ0) is 17.9. The highest BCUT2D eigenvalue weighted by atomic mass is 32.2. The lowest BCUT2D eigenvalue weighted by Gasteiger charge is -2.33. The molecule has 7 nitrogen and oxygen atoms in total. The molecule has 0 atom stereocenters. The first-order valence-corrected chi connectivity index (χ1v) is 10.2. The van der Waals surface area contributed by atoms with Crippen molar-refractivity contribution in [3.63, 3.8) is 0 Å². The van der Waals surface area contributed by atoms with Gasteiger partial charge in [0.2, 0.25) is 0 Å². The van der Waals surface area contributed by atoms with Gasteiger partial charge in [-0.15, -0.1) is 0 Å². The maximum atomic E-state index is 12.3. The highest BCUT2D eigenvalue weighted by Gasteiger charge is 2.23. The topological polar surface area (TPSA) is 79.8 Å². The molecule has 0 bridgehead atoms. The molecule has 0 spiro atoms. The molecular formula is C17H21N3O4S. The van der Waals surface area contributed by atoms with Crippen LogP contribution in [0.2, 0.25) is 0 Å². The minimum Gasteiger partial charge on any atom is -0.410 e. The molecule has 0 unspecified atom stereocenters. The first kappa shape index (κ1) is 17.6. The highest BCUT2D eigenvalue weighted by Crippen LogP contribution is 2.19. The highest BCUT2D eigenvalue weighted by molar-refractivity contribution is 7.90. The largest absolute Gasteiger partial charge is 0.415 e. The third-order valence-corrected chi connectivity index (χ3v) is 5.12. The Morgan fingerprint density at radius 2 is 1.96 bits per heavy atom. The number of hydrogen-bond acceptors (Lipinski definition) is 6. The van der Waals surface area contributed by atoms with Crippen molar-refractivity contribution in [1.82, 2.24) is 14.8 Å². The third-order valence-electron chi connectivity index (χ3n) is 4.19. The van der Waals surface area contributed by atoms with E-state index in [1.165, 1.54) is 6.26 Å². The molecule has 0 aliphatic carbocycles. The quantitative estimate of drug-likeness (QED) is 0.817. The molecule has 1 aromatic heterocycles. The van der Waals surface area contributed by atoms with E-state index in [0.29, 0.717) is 38.5 Å². The Balaban J connectivity index is 1.53. The van der Waals surface area contributed by atoms with Gasteiger partial charge < -0.3 is 9.64 Å². The molecule has 134 valence electrons. The SMILES string of the molecule is CS(=O)(=O)CCN1CCN(C(=O)Oc2ccc3cccnc3c2)CC1. The number of fused-ring (bicyclic) bond motifs is 1. The molecule has 1 aliphatic rings. The third kappa shape index (κ3) is 4.90. The van der Waals surface area contributed by atoms with Crippen LogP contribution in [0.4, 0.5) is 4.79 Å². The second kappa shape index (κ2) is 7.37. The first-order chi connectivity index (χ1) is 11.9. The monoisotopic (exact) mass is 363 g/mol. The predicted molar refractivity (Wildman–Crippen MR) is 95.5 cm³/mol. The van der Waals surface area contributed by atoms with Crippen molar-refractivity contribution in [2.45, 2.75) is 0 Å². The smallest absolute Gasteiger partial charge is 0.410 e. The van der Waals surface area contributed by atoms with Gasteiger partial charge in [-0.05, 0) is 18.2 Å². The number of piperazine rings is 1. The van der Waals surface area contributed by atoms with E-state index in [9.17, 15) is 13.2 Å². The number of rotatable bonds is 4. The van der Waals surface area contributed by atoms with E-state index in [-0.39, 0.29) is 5.75 Å². The van der Waals surface area contributed by atoms with Gasteiger partial charge >= 0.3 is 6.09 Å². The zero-order valence-electron chi connectivity index (χ0n) is 14.1. The number of aromatic nitrogens is 1. The number of carbonyl (C=O) groups is 1. The number of amides is 1. The zero-order valence-corrected chi connectivity index (χ0v) is 14.9. The minimum atomic E-state index is -2.96. The van der Waals surface area contributed by atoms with Crippen LogP contribution in [0.1, 0.15) is 0 Å². The number of ether oxygens (including phenoxy) is 1. The summed E-state index contributed by atoms with van der Waals surface area (Å²) in [6, 6.07) is 9.18. The molecule has 0 radical (unpaired) electrons. The van der Waals surface area contributed by atoms with Crippen molar-refractivity contribution >= 4 is 26.8 Å². The van der Waals surface area contributed by atoms with Gasteiger partial charge in [0, 0.05) is 56.6 Å². The van der Waals surface area contributed by atoms with Crippen LogP contribution in [0.25, 0.3) is 10.9 Å². The van der Waals surface area contributed by atoms with E-state index in [0.717, 1.165) is 10.9 Å². The van der Waals surface area contributed by atoms with Crippen molar-refractivity contribution in [2.24, 2.45) is 0 Å². The maximum absolute atomic E-state index is 12.3. The van der Waals surface area contributed by atoms with Crippen LogP contribution >= 0.6 is 0 Å². The molecule has 0 N–H and O–H groups in total. The molecule has 1 aromatic carbocycles. The van der Waals surface area contributed by atoms with Crippen LogP contribution in [0.15, 0.2) is 36.5 Å². The summed E-state index contributed by atoms with van der Waals surface area (Å²) < 4.78 is 27.9. The Labute approximate surface area is 147 Å². The summed E-state index contributed by atoms with van der Waals surface area (Å²) in [6.45, 7) is 2.83. The first-order valence-electron chi connectivity index (χ1n) is 8.12. The van der Waals surface area contributed by atoms with E-state index in [2.05, 4.69) is 4.98 Å². The number of hydrogen-bond donors (Lipinski definition) is 0. The molecule has 2 aromatic rings. The molecule has 0 saturated carbocycles. The fourth-order valence-electron chi connectivity index (χ4n) is 2.72. The molecule has 1 amide bonds. The number of sulfone groups is 1. The average molecular weight is 363 g/mol. The standard InChI is InChI=1S/C17H21N3O4S/c1-25(22,23)12-11-19-7-9-20(10-8-19)17(21)24-15-5-4-14-3-2-6-18-16(14)13-15/h2-6,13H,7-12H2,1H3. The van der Waals surface area contributed by atoms with Gasteiger partial charge in [-0.25, -0.2) is 13.2 Å². The fourth-order valence-corrected chi connectivity index (χ4v) is 3.31. The van der Waals surface area contributed by atoms with E-state index < -0.39 is 15.9 Å². The van der Waals surface area contributed by atoms with Gasteiger partial charge in [0.15, 0.2) is 0 Å². The normalized spacial score (nSPS) is 16.1. The average Bonchev–Trinajstić information content (AvgIpc) is 2.59. The van der Waals surface area contributed by atoms with Crippen LogP contribution in [0.3, 0.4) is 0 Å². The Hall–Kier alpha value is -2.19. The van der Waals surface area contributed by atoms with Crippen molar-refractivity contribution in [3.05, 3.63) is 36.5 Å². The molecule has 3 rings (SSSR count). The molecule has 25 heavy (non-hydrogen) atoms. The second-order valence-electron chi connectivity index (χ2n) is 6.18. The van der Waals surface area contributed by atoms with Crippen molar-refractivity contribution in [1.29, 1.82) is 0 Å². The molecular weight excluding hydrogens is 342 g/mol. The van der Waals surface area contributed by atoms with Gasteiger partial charge in [-0.3, -0.25) is 9.88 Å². The maximum Gasteiger partial charge on any atom is 0.415 e. The molecule has 2 heterocycles. The molecule has 8 heteroatoms. The Kier molecular flexibility index (Phi) is 5.19. The van der Waals surface area contributed by atoms with Crippen LogP contribution in [-0.4, -0.2) is 74.0 Å². The van der Waals surface area contributed by atoms with E-state index in [1.54, 1.807) is 23.2 Å². The summed E-state index contributed by atoms with van der Waals surface area (Å²) in [4.78, 5) is 20.2. The van der Waals surface area contributed by atoms with Crippen molar-refractivity contribution in [3.8, 4) is 5.75 Å². The number of carbonyl (C=O) groups excluding carboxylic acids is 1. The van der Waals surface area contributed by atoms with Crippen molar-refractivity contribution < 1.29 is 17.9 Å². The Morgan fingerprint density at radius 3 is 2.68 bits per heavy atom. The van der Waals surface area contributed by atoms with Gasteiger partial charge in [0.25, 0.3) is 0 Å².